The van der Waals surface area contributed by atoms with E-state index in [1.54, 1.807) is 29.6 Å². The highest BCUT2D eigenvalue weighted by Crippen LogP contribution is 2.41. The highest BCUT2D eigenvalue weighted by atomic mass is 127. The van der Waals surface area contributed by atoms with E-state index in [0.29, 0.717) is 50.4 Å². The quantitative estimate of drug-likeness (QED) is 0.0666. The van der Waals surface area contributed by atoms with Gasteiger partial charge in [-0.3, -0.25) is 15.0 Å². The molecule has 0 saturated heterocycles. The number of aromatic nitrogens is 2. The lowest BCUT2D eigenvalue weighted by Gasteiger charge is -2.37. The van der Waals surface area contributed by atoms with Gasteiger partial charge in [0, 0.05) is 34.0 Å². The number of nitrogens with zero attached hydrogens (tertiary/aromatic N) is 3. The average Bonchev–Trinajstić information content (AvgIpc) is 3.62. The number of hydrazine groups is 1. The van der Waals surface area contributed by atoms with Gasteiger partial charge in [0.1, 0.15) is 17.7 Å². The molecule has 58 heavy (non-hydrogen) atoms. The van der Waals surface area contributed by atoms with Gasteiger partial charge in [0.05, 0.1) is 41.8 Å². The van der Waals surface area contributed by atoms with E-state index in [9.17, 15) is 54.6 Å². The van der Waals surface area contributed by atoms with Crippen molar-refractivity contribution >= 4 is 40.5 Å². The van der Waals surface area contributed by atoms with Crippen LogP contribution < -0.4 is 21.8 Å². The molecule has 3 rings (SSSR count). The molecule has 23 heteroatoms. The van der Waals surface area contributed by atoms with Gasteiger partial charge in [-0.15, -0.1) is 0 Å². The van der Waals surface area contributed by atoms with Crippen LogP contribution in [-0.2, 0) is 27.3 Å². The number of alkyl halides is 8. The number of methoxy groups -OCH3 is 1. The van der Waals surface area contributed by atoms with E-state index >= 15 is 8.78 Å². The maximum Gasteiger partial charge on any atom is 0.407 e. The zero-order valence-electron chi connectivity index (χ0n) is 31.3. The van der Waals surface area contributed by atoms with Gasteiger partial charge in [0.2, 0.25) is 5.91 Å². The summed E-state index contributed by atoms with van der Waals surface area (Å²) in [7, 11) is 0.796. The van der Waals surface area contributed by atoms with Crippen LogP contribution in [0.5, 0.6) is 0 Å². The Kier molecular flexibility index (Phi) is 15.6. The smallest absolute Gasteiger partial charge is 0.407 e. The van der Waals surface area contributed by atoms with Crippen molar-refractivity contribution in [3.63, 3.8) is 0 Å². The van der Waals surface area contributed by atoms with Crippen LogP contribution >= 0.6 is 22.6 Å². The van der Waals surface area contributed by atoms with Gasteiger partial charge in [0.25, 0.3) is 5.91 Å². The van der Waals surface area contributed by atoms with Crippen molar-refractivity contribution < 1.29 is 68.1 Å². The lowest BCUT2D eigenvalue weighted by Crippen LogP contribution is -2.63. The second-order valence-corrected chi connectivity index (χ2v) is 15.5. The molecule has 0 aliphatic heterocycles. The Bertz CT molecular complexity index is 1890. The van der Waals surface area contributed by atoms with Crippen molar-refractivity contribution in [1.82, 2.24) is 30.8 Å². The molecule has 1 heterocycles. The lowest BCUT2D eigenvalue weighted by molar-refractivity contribution is -0.221. The number of halogens is 11. The summed E-state index contributed by atoms with van der Waals surface area (Å²) in [5, 5.41) is 19.7. The molecule has 3 aromatic rings. The number of aliphatic hydroxyl groups is 1. The Morgan fingerprint density at radius 2 is 1.47 bits per heavy atom. The number of amides is 3. The van der Waals surface area contributed by atoms with Crippen LogP contribution in [-0.4, -0.2) is 88.0 Å². The van der Waals surface area contributed by atoms with E-state index in [4.69, 9.17) is 5.73 Å². The molecular weight excluding hydrogens is 915 g/mol. The third-order valence-electron chi connectivity index (χ3n) is 9.38. The maximum atomic E-state index is 15.7. The summed E-state index contributed by atoms with van der Waals surface area (Å²) in [6, 6.07) is 2.44. The number of ether oxygens (including phenoxy) is 1. The summed E-state index contributed by atoms with van der Waals surface area (Å²) in [5.41, 5.74) is 0.829. The van der Waals surface area contributed by atoms with Crippen molar-refractivity contribution in [3.8, 4) is 11.3 Å². The molecule has 12 nitrogen and oxygen atoms in total. The molecule has 322 valence electrons. The van der Waals surface area contributed by atoms with Gasteiger partial charge >= 0.3 is 25.0 Å². The zero-order valence-corrected chi connectivity index (χ0v) is 33.4. The molecule has 0 bridgehead atoms. The van der Waals surface area contributed by atoms with E-state index in [1.807, 2.05) is 28.0 Å². The first-order valence-corrected chi connectivity index (χ1v) is 18.0. The van der Waals surface area contributed by atoms with Gasteiger partial charge in [-0.2, -0.15) is 40.2 Å². The number of carbonyl (C=O) groups excluding carboxylic acids is 3. The van der Waals surface area contributed by atoms with E-state index < -0.39 is 102 Å². The first-order chi connectivity index (χ1) is 26.6. The van der Waals surface area contributed by atoms with Crippen molar-refractivity contribution in [2.75, 3.05) is 13.7 Å². The molecule has 0 unspecified atom stereocenters. The van der Waals surface area contributed by atoms with Crippen molar-refractivity contribution in [3.05, 3.63) is 75.0 Å². The SMILES string of the molecule is COC(=O)N[C@H](C(=O)NN(Cc1c(F)cc(-c2ccn(C(F)F)n2)cc1F)C[C@H](O)[C@H](Cc1ccc(I)cc1)NC(=O)[C@@H](N)C(C)(C)C(F)(F)F)C(C)(C)C(F)(F)F. The van der Waals surface area contributed by atoms with Crippen LogP contribution in [0.15, 0.2) is 48.7 Å². The Labute approximate surface area is 338 Å². The molecule has 0 fully saturated rings. The van der Waals surface area contributed by atoms with Crippen LogP contribution in [0, 0.1) is 26.0 Å². The van der Waals surface area contributed by atoms with Crippen molar-refractivity contribution in [1.29, 1.82) is 0 Å². The fourth-order valence-electron chi connectivity index (χ4n) is 5.27. The number of rotatable bonds is 16. The third kappa shape index (κ3) is 11.7. The fraction of sp³-hybridized carbons (Fsp3) is 0.486. The van der Waals surface area contributed by atoms with Crippen LogP contribution in [0.3, 0.4) is 0 Å². The second-order valence-electron chi connectivity index (χ2n) is 14.2. The summed E-state index contributed by atoms with van der Waals surface area (Å²) in [4.78, 5) is 39.0. The van der Waals surface area contributed by atoms with E-state index in [0.717, 1.165) is 22.9 Å². The van der Waals surface area contributed by atoms with Crippen LogP contribution in [0.4, 0.5) is 48.7 Å². The number of nitrogens with two attached hydrogens (primary N) is 1. The first kappa shape index (κ1) is 48.1. The minimum absolute atomic E-state index is 0.210. The predicted molar refractivity (Wildman–Crippen MR) is 195 cm³/mol. The summed E-state index contributed by atoms with van der Waals surface area (Å²) >= 11 is 1.98. The molecule has 0 saturated carbocycles. The molecule has 4 atom stereocenters. The molecule has 1 aromatic heterocycles. The van der Waals surface area contributed by atoms with Gasteiger partial charge in [0.15, 0.2) is 0 Å². The number of hydrogen-bond donors (Lipinski definition) is 5. The molecule has 0 aliphatic carbocycles. The molecule has 6 N–H and O–H groups in total. The normalized spacial score (nSPS) is 14.8. The molecule has 2 aromatic carbocycles. The Morgan fingerprint density at radius 3 is 1.95 bits per heavy atom. The van der Waals surface area contributed by atoms with E-state index in [-0.39, 0.29) is 22.4 Å². The lowest BCUT2D eigenvalue weighted by atomic mass is 9.83. The number of alkyl carbamates (subject to hydrolysis) is 1. The van der Waals surface area contributed by atoms with Crippen LogP contribution in [0.2, 0.25) is 0 Å². The standard InChI is InChI=1S/C35H40F10IN7O5/c1-32(2,34(40,41)42)26(47)28(55)48-24(12-17-6-8-19(46)9-7-17)25(54)16-52(51-29(56)27(49-31(57)58-5)33(3,4)35(43,44)45)15-20-21(36)13-18(14-22(20)37)23-10-11-53(50-23)30(38)39/h6-11,13-14,24-27,30,54H,12,15-16,47H2,1-5H3,(H,48,55)(H,49,57)(H,51,56)/t24-,25-,26+,27+/m0/s1. The summed E-state index contributed by atoms with van der Waals surface area (Å²) in [6.07, 6.45) is -13.1. The van der Waals surface area contributed by atoms with Crippen molar-refractivity contribution in [2.45, 2.75) is 83.8 Å². The Balaban J connectivity index is 2.11. The number of aliphatic hydroxyl groups excluding tert-OH is 1. The maximum absolute atomic E-state index is 15.7. The minimum atomic E-state index is -5.17. The number of hydrogen-bond acceptors (Lipinski definition) is 8. The van der Waals surface area contributed by atoms with Gasteiger partial charge < -0.3 is 26.2 Å². The largest absolute Gasteiger partial charge is 0.453 e. The second kappa shape index (κ2) is 18.8. The minimum Gasteiger partial charge on any atom is -0.453 e. The number of carbonyl (C=O) groups is 3. The molecule has 0 spiro atoms. The molecular formula is C35H40F10IN7O5. The Hall–Kier alpha value is -4.23. The van der Waals surface area contributed by atoms with Gasteiger partial charge in [-0.25, -0.2) is 23.3 Å². The Morgan fingerprint density at radius 1 is 0.914 bits per heavy atom. The van der Waals surface area contributed by atoms with Gasteiger partial charge in [-0.1, -0.05) is 12.1 Å². The summed E-state index contributed by atoms with van der Waals surface area (Å²) < 4.78 is 147. The zero-order chi connectivity index (χ0) is 44.1. The van der Waals surface area contributed by atoms with Gasteiger partial charge in [-0.05, 0) is 92.6 Å². The molecule has 3 amide bonds. The number of nitrogens with one attached hydrogen (secondary N) is 3. The first-order valence-electron chi connectivity index (χ1n) is 16.9. The van der Waals surface area contributed by atoms with Crippen LogP contribution in [0.25, 0.3) is 11.3 Å². The average molecular weight is 956 g/mol. The number of benzene rings is 2. The summed E-state index contributed by atoms with van der Waals surface area (Å²) in [6.45, 7) is -2.73. The monoisotopic (exact) mass is 955 g/mol. The topological polar surface area (TPSA) is 164 Å². The highest BCUT2D eigenvalue weighted by Gasteiger charge is 2.56. The van der Waals surface area contributed by atoms with Crippen molar-refractivity contribution in [2.24, 2.45) is 16.6 Å². The predicted octanol–water partition coefficient (Wildman–Crippen LogP) is 5.98. The van der Waals surface area contributed by atoms with Crippen LogP contribution in [0.1, 0.15) is 45.4 Å². The van der Waals surface area contributed by atoms with E-state index in [2.05, 4.69) is 15.2 Å². The fourth-order valence-corrected chi connectivity index (χ4v) is 5.62. The molecule has 0 radical (unpaired) electrons. The highest BCUT2D eigenvalue weighted by molar-refractivity contribution is 14.1. The third-order valence-corrected chi connectivity index (χ3v) is 10.1. The summed E-state index contributed by atoms with van der Waals surface area (Å²) in [5.74, 6) is -5.77. The molecule has 0 aliphatic rings. The van der Waals surface area contributed by atoms with E-state index in [1.165, 1.54) is 0 Å².